The number of nitrogens with zero attached hydrogens (tertiary/aromatic N) is 2. The molecule has 0 aliphatic carbocycles. The van der Waals surface area contributed by atoms with Gasteiger partial charge in [0.25, 0.3) is 5.56 Å². The first kappa shape index (κ1) is 22.3. The van der Waals surface area contributed by atoms with E-state index in [0.29, 0.717) is 24.9 Å². The van der Waals surface area contributed by atoms with E-state index in [4.69, 9.17) is 14.5 Å². The Kier molecular flexibility index (Phi) is 8.11. The number of thioether (sulfide) groups is 1. The topological polar surface area (TPSA) is 82.4 Å². The number of amides is 1. The normalized spacial score (nSPS) is 16.6. The summed E-state index contributed by atoms with van der Waals surface area (Å²) >= 11 is 2.87. The second-order valence-corrected chi connectivity index (χ2v) is 9.25. The molecule has 9 heteroatoms. The molecule has 1 atom stereocenters. The molecular formula is C20H29N3O4S2. The molecule has 0 bridgehead atoms. The first-order valence-corrected chi connectivity index (χ1v) is 11.9. The summed E-state index contributed by atoms with van der Waals surface area (Å²) in [4.78, 5) is 32.2. The number of methoxy groups -OCH3 is 1. The highest BCUT2D eigenvalue weighted by Gasteiger charge is 2.23. The van der Waals surface area contributed by atoms with Gasteiger partial charge in [0.2, 0.25) is 5.91 Å². The van der Waals surface area contributed by atoms with E-state index in [9.17, 15) is 9.59 Å². The van der Waals surface area contributed by atoms with Crippen molar-refractivity contribution in [3.63, 3.8) is 0 Å². The fraction of sp³-hybridized carbons (Fsp3) is 0.650. The number of carbonyl (C=O) groups is 1. The average Bonchev–Trinajstić information content (AvgIpc) is 3.33. The van der Waals surface area contributed by atoms with Crippen molar-refractivity contribution < 1.29 is 14.3 Å². The highest BCUT2D eigenvalue weighted by atomic mass is 32.2. The maximum absolute atomic E-state index is 13.4. The summed E-state index contributed by atoms with van der Waals surface area (Å²) in [5, 5.41) is 4.19. The number of aryl methyl sites for hydroxylation is 2. The third kappa shape index (κ3) is 5.39. The highest BCUT2D eigenvalue weighted by molar-refractivity contribution is 7.99. The van der Waals surface area contributed by atoms with Crippen LogP contribution in [0.4, 0.5) is 0 Å². The molecule has 7 nitrogen and oxygen atoms in total. The van der Waals surface area contributed by atoms with Crippen molar-refractivity contribution in [1.29, 1.82) is 0 Å². The van der Waals surface area contributed by atoms with Crippen LogP contribution in [-0.2, 0) is 27.2 Å². The summed E-state index contributed by atoms with van der Waals surface area (Å²) in [6.45, 7) is 6.51. The van der Waals surface area contributed by atoms with Crippen LogP contribution in [0.25, 0.3) is 10.2 Å². The van der Waals surface area contributed by atoms with Crippen LogP contribution in [0.2, 0.25) is 0 Å². The zero-order valence-electron chi connectivity index (χ0n) is 17.3. The fourth-order valence-electron chi connectivity index (χ4n) is 3.55. The van der Waals surface area contributed by atoms with Gasteiger partial charge in [-0.15, -0.1) is 11.3 Å². The zero-order valence-corrected chi connectivity index (χ0v) is 18.9. The Morgan fingerprint density at radius 1 is 1.48 bits per heavy atom. The number of nitrogens with one attached hydrogen (secondary N) is 1. The lowest BCUT2D eigenvalue weighted by atomic mass is 10.1. The van der Waals surface area contributed by atoms with Crippen molar-refractivity contribution in [2.75, 3.05) is 32.6 Å². The van der Waals surface area contributed by atoms with Crippen LogP contribution in [0.1, 0.15) is 36.6 Å². The van der Waals surface area contributed by atoms with E-state index in [0.717, 1.165) is 52.9 Å². The first-order valence-electron chi connectivity index (χ1n) is 10.1. The summed E-state index contributed by atoms with van der Waals surface area (Å²) in [5.41, 5.74) is 1.06. The van der Waals surface area contributed by atoms with Gasteiger partial charge in [0.05, 0.1) is 23.8 Å². The molecule has 0 radical (unpaired) electrons. The molecule has 0 aromatic carbocycles. The van der Waals surface area contributed by atoms with Crippen molar-refractivity contribution in [3.8, 4) is 0 Å². The van der Waals surface area contributed by atoms with E-state index in [-0.39, 0.29) is 23.3 Å². The van der Waals surface area contributed by atoms with Gasteiger partial charge in [-0.25, -0.2) is 4.98 Å². The molecule has 1 unspecified atom stereocenters. The molecule has 0 saturated carbocycles. The van der Waals surface area contributed by atoms with Gasteiger partial charge in [0, 0.05) is 31.7 Å². The van der Waals surface area contributed by atoms with Gasteiger partial charge in [0.1, 0.15) is 4.83 Å². The van der Waals surface area contributed by atoms with Crippen molar-refractivity contribution in [2.24, 2.45) is 0 Å². The molecule has 1 aliphatic heterocycles. The lowest BCUT2D eigenvalue weighted by Crippen LogP contribution is -2.30. The van der Waals surface area contributed by atoms with E-state index < -0.39 is 0 Å². The SMILES string of the molecule is CCc1c(C)sc2nc(SCC(=O)NCCCOC)n(CC3CCCO3)c(=O)c12. The molecule has 3 heterocycles. The molecule has 3 rings (SSSR count). The van der Waals surface area contributed by atoms with Gasteiger partial charge < -0.3 is 14.8 Å². The van der Waals surface area contributed by atoms with Gasteiger partial charge in [0.15, 0.2) is 5.16 Å². The van der Waals surface area contributed by atoms with Gasteiger partial charge in [-0.1, -0.05) is 18.7 Å². The number of thiophene rings is 1. The Balaban J connectivity index is 1.84. The van der Waals surface area contributed by atoms with Crippen LogP contribution in [0.5, 0.6) is 0 Å². The van der Waals surface area contributed by atoms with Gasteiger partial charge in [-0.3, -0.25) is 14.2 Å². The third-order valence-electron chi connectivity index (χ3n) is 5.02. The average molecular weight is 440 g/mol. The van der Waals surface area contributed by atoms with Crippen LogP contribution in [0.3, 0.4) is 0 Å². The number of carbonyl (C=O) groups excluding carboxylic acids is 1. The standard InChI is InChI=1S/C20H29N3O4S2/c1-4-15-13(2)29-18-17(15)19(25)23(11-14-7-5-10-27-14)20(22-18)28-12-16(24)21-8-6-9-26-3/h14H,4-12H2,1-3H3,(H,21,24). The summed E-state index contributed by atoms with van der Waals surface area (Å²) in [6.07, 6.45) is 3.56. The maximum Gasteiger partial charge on any atom is 0.263 e. The first-order chi connectivity index (χ1) is 14.0. The van der Waals surface area contributed by atoms with Crippen LogP contribution in [-0.4, -0.2) is 54.2 Å². The van der Waals surface area contributed by atoms with Gasteiger partial charge >= 0.3 is 0 Å². The van der Waals surface area contributed by atoms with Crippen molar-refractivity contribution >= 4 is 39.2 Å². The molecule has 29 heavy (non-hydrogen) atoms. The van der Waals surface area contributed by atoms with Crippen LogP contribution in [0, 0.1) is 6.92 Å². The Labute approximate surface area is 179 Å². The number of fused-ring (bicyclic) bond motifs is 1. The summed E-state index contributed by atoms with van der Waals surface area (Å²) in [7, 11) is 1.64. The number of ether oxygens (including phenoxy) is 2. The maximum atomic E-state index is 13.4. The summed E-state index contributed by atoms with van der Waals surface area (Å²) in [6, 6.07) is 0. The summed E-state index contributed by atoms with van der Waals surface area (Å²) in [5.74, 6) is 0.155. The quantitative estimate of drug-likeness (QED) is 0.348. The number of hydrogen-bond donors (Lipinski definition) is 1. The molecule has 1 N–H and O–H groups in total. The highest BCUT2D eigenvalue weighted by Crippen LogP contribution is 2.30. The van der Waals surface area contributed by atoms with E-state index in [1.807, 2.05) is 6.92 Å². The Bertz CT molecular complexity index is 903. The molecule has 1 amide bonds. The fourth-order valence-corrected chi connectivity index (χ4v) is 5.54. The number of aromatic nitrogens is 2. The van der Waals surface area contributed by atoms with Crippen LogP contribution in [0.15, 0.2) is 9.95 Å². The smallest absolute Gasteiger partial charge is 0.263 e. The number of hydrogen-bond acceptors (Lipinski definition) is 7. The second-order valence-electron chi connectivity index (χ2n) is 7.10. The van der Waals surface area contributed by atoms with E-state index in [2.05, 4.69) is 12.2 Å². The van der Waals surface area contributed by atoms with Crippen molar-refractivity contribution in [3.05, 3.63) is 20.8 Å². The minimum absolute atomic E-state index is 0.0188. The minimum atomic E-state index is -0.0688. The van der Waals surface area contributed by atoms with Gasteiger partial charge in [-0.2, -0.15) is 0 Å². The Hall–Kier alpha value is -1.42. The van der Waals surface area contributed by atoms with E-state index in [1.165, 1.54) is 11.8 Å². The molecule has 2 aromatic heterocycles. The minimum Gasteiger partial charge on any atom is -0.385 e. The molecule has 0 spiro atoms. The van der Waals surface area contributed by atoms with Crippen LogP contribution < -0.4 is 10.9 Å². The number of rotatable bonds is 10. The third-order valence-corrected chi connectivity index (χ3v) is 7.04. The van der Waals surface area contributed by atoms with Crippen LogP contribution >= 0.6 is 23.1 Å². The molecule has 1 aliphatic rings. The van der Waals surface area contributed by atoms with Gasteiger partial charge in [-0.05, 0) is 38.2 Å². The molecule has 1 fully saturated rings. The summed E-state index contributed by atoms with van der Waals surface area (Å²) < 4.78 is 12.5. The van der Waals surface area contributed by atoms with Crippen molar-refractivity contribution in [2.45, 2.75) is 57.3 Å². The predicted octanol–water partition coefficient (Wildman–Crippen LogP) is 2.75. The van der Waals surface area contributed by atoms with Crippen molar-refractivity contribution in [1.82, 2.24) is 14.9 Å². The van der Waals surface area contributed by atoms with E-state index in [1.54, 1.807) is 23.0 Å². The largest absolute Gasteiger partial charge is 0.385 e. The zero-order chi connectivity index (χ0) is 20.8. The lowest BCUT2D eigenvalue weighted by Gasteiger charge is -2.16. The second kappa shape index (κ2) is 10.6. The molecule has 2 aromatic rings. The van der Waals surface area contributed by atoms with E-state index >= 15 is 0 Å². The molecular weight excluding hydrogens is 410 g/mol. The Morgan fingerprint density at radius 2 is 2.31 bits per heavy atom. The Morgan fingerprint density at radius 3 is 3.00 bits per heavy atom. The predicted molar refractivity (Wildman–Crippen MR) is 117 cm³/mol. The lowest BCUT2D eigenvalue weighted by molar-refractivity contribution is -0.118. The monoisotopic (exact) mass is 439 g/mol. The molecule has 1 saturated heterocycles. The molecule has 160 valence electrons.